The van der Waals surface area contributed by atoms with Gasteiger partial charge in [-0.2, -0.15) is 0 Å². The van der Waals surface area contributed by atoms with Crippen LogP contribution in [0.25, 0.3) is 0 Å². The fourth-order valence-electron chi connectivity index (χ4n) is 5.45. The van der Waals surface area contributed by atoms with Crippen molar-refractivity contribution in [2.24, 2.45) is 11.7 Å². The Hall–Kier alpha value is -3.14. The van der Waals surface area contributed by atoms with Crippen molar-refractivity contribution < 1.29 is 23.9 Å². The van der Waals surface area contributed by atoms with Crippen LogP contribution >= 0.6 is 0 Å². The first kappa shape index (κ1) is 31.4. The number of fused-ring (bicyclic) bond motifs is 1. The molecule has 10 nitrogen and oxygen atoms in total. The third-order valence-electron chi connectivity index (χ3n) is 8.18. The van der Waals surface area contributed by atoms with E-state index in [9.17, 15) is 19.2 Å². The van der Waals surface area contributed by atoms with Gasteiger partial charge in [0.1, 0.15) is 29.9 Å². The molecule has 0 bridgehead atoms. The van der Waals surface area contributed by atoms with Crippen molar-refractivity contribution in [3.63, 3.8) is 0 Å². The standard InChI is InChI=1S/C30H47N5O5/c1-4-20(2)26-30(39)35-18-10-8-12-25(35)29(38)32-23(11-7-5-6-9-17-31)27(36)33-24(28(37)34-26)19-21-13-15-22(40-3)16-14-21/h13-16,20,23-26H,4-12,17-19,31H2,1-3H3,(H,32,38)(H,33,36)(H,34,37)/t20-,23-,24+,25+,26-/m0/s1. The number of carbonyl (C=O) groups is 4. The molecule has 40 heavy (non-hydrogen) atoms. The smallest absolute Gasteiger partial charge is 0.246 e. The summed E-state index contributed by atoms with van der Waals surface area (Å²) in [5.74, 6) is -0.816. The molecule has 2 fully saturated rings. The van der Waals surface area contributed by atoms with E-state index in [0.717, 1.165) is 44.1 Å². The van der Waals surface area contributed by atoms with E-state index >= 15 is 0 Å². The van der Waals surface area contributed by atoms with E-state index in [-0.39, 0.29) is 24.2 Å². The lowest BCUT2D eigenvalue weighted by Gasteiger charge is -2.39. The van der Waals surface area contributed by atoms with Crippen molar-refractivity contribution in [1.29, 1.82) is 0 Å². The quantitative estimate of drug-likeness (QED) is 0.307. The van der Waals surface area contributed by atoms with Crippen LogP contribution < -0.4 is 26.4 Å². The predicted octanol–water partition coefficient (Wildman–Crippen LogP) is 2.04. The second-order valence-electron chi connectivity index (χ2n) is 11.1. The lowest BCUT2D eigenvalue weighted by Crippen LogP contribution is -2.64. The molecular weight excluding hydrogens is 510 g/mol. The van der Waals surface area contributed by atoms with E-state index in [0.29, 0.717) is 38.1 Å². The number of nitrogens with one attached hydrogen (secondary N) is 3. The van der Waals surface area contributed by atoms with Crippen LogP contribution in [0.1, 0.15) is 77.2 Å². The Balaban J connectivity index is 1.93. The molecule has 0 spiro atoms. The number of piperidine rings is 1. The second-order valence-corrected chi connectivity index (χ2v) is 11.1. The van der Waals surface area contributed by atoms with E-state index < -0.39 is 36.0 Å². The van der Waals surface area contributed by atoms with Crippen molar-refractivity contribution in [3.05, 3.63) is 29.8 Å². The van der Waals surface area contributed by atoms with Gasteiger partial charge in [0.2, 0.25) is 23.6 Å². The first-order valence-electron chi connectivity index (χ1n) is 14.8. The number of unbranched alkanes of at least 4 members (excludes halogenated alkanes) is 3. The molecule has 0 unspecified atom stereocenters. The minimum Gasteiger partial charge on any atom is -0.497 e. The number of rotatable bonds is 11. The van der Waals surface area contributed by atoms with Gasteiger partial charge in [0.15, 0.2) is 0 Å². The molecule has 10 heteroatoms. The molecule has 4 amide bonds. The summed E-state index contributed by atoms with van der Waals surface area (Å²) in [6.45, 7) is 4.96. The average molecular weight is 558 g/mol. The molecule has 0 aliphatic carbocycles. The van der Waals surface area contributed by atoms with Crippen LogP contribution in [0.2, 0.25) is 0 Å². The highest BCUT2D eigenvalue weighted by molar-refractivity contribution is 5.97. The third-order valence-corrected chi connectivity index (χ3v) is 8.18. The maximum absolute atomic E-state index is 13.9. The molecule has 1 aromatic carbocycles. The molecule has 2 heterocycles. The number of ether oxygens (including phenoxy) is 1. The maximum Gasteiger partial charge on any atom is 0.246 e. The molecule has 2 aliphatic heterocycles. The third kappa shape index (κ3) is 8.43. The van der Waals surface area contributed by atoms with Crippen LogP contribution in [-0.4, -0.2) is 72.9 Å². The molecular formula is C30H47N5O5. The van der Waals surface area contributed by atoms with Gasteiger partial charge in [0, 0.05) is 13.0 Å². The van der Waals surface area contributed by atoms with E-state index in [4.69, 9.17) is 10.5 Å². The molecule has 3 rings (SSSR count). The molecule has 0 saturated carbocycles. The fourth-order valence-corrected chi connectivity index (χ4v) is 5.45. The number of nitrogens with two attached hydrogens (primary N) is 1. The summed E-state index contributed by atoms with van der Waals surface area (Å²) in [7, 11) is 1.58. The van der Waals surface area contributed by atoms with Gasteiger partial charge in [0.25, 0.3) is 0 Å². The summed E-state index contributed by atoms with van der Waals surface area (Å²) in [4.78, 5) is 56.4. The lowest BCUT2D eigenvalue weighted by molar-refractivity contribution is -0.147. The normalized spacial score (nSPS) is 25.1. The molecule has 0 radical (unpaired) electrons. The summed E-state index contributed by atoms with van der Waals surface area (Å²) >= 11 is 0. The van der Waals surface area contributed by atoms with Gasteiger partial charge in [-0.05, 0) is 62.3 Å². The summed E-state index contributed by atoms with van der Waals surface area (Å²) in [6, 6.07) is 4.12. The van der Waals surface area contributed by atoms with Crippen molar-refractivity contribution in [3.8, 4) is 5.75 Å². The Morgan fingerprint density at radius 2 is 1.60 bits per heavy atom. The lowest BCUT2D eigenvalue weighted by atomic mass is 9.93. The Morgan fingerprint density at radius 1 is 0.925 bits per heavy atom. The molecule has 0 aromatic heterocycles. The van der Waals surface area contributed by atoms with E-state index in [1.807, 2.05) is 26.0 Å². The predicted molar refractivity (Wildman–Crippen MR) is 153 cm³/mol. The van der Waals surface area contributed by atoms with Gasteiger partial charge in [-0.25, -0.2) is 0 Å². The number of amides is 4. The van der Waals surface area contributed by atoms with Crippen molar-refractivity contribution in [2.75, 3.05) is 20.2 Å². The minimum atomic E-state index is -0.923. The Kier molecular flexibility index (Phi) is 12.2. The summed E-state index contributed by atoms with van der Waals surface area (Å²) in [5, 5.41) is 8.82. The first-order valence-corrected chi connectivity index (χ1v) is 14.8. The molecule has 5 N–H and O–H groups in total. The Bertz CT molecular complexity index is 1000. The van der Waals surface area contributed by atoms with Crippen LogP contribution in [0.15, 0.2) is 24.3 Å². The zero-order chi connectivity index (χ0) is 29.1. The van der Waals surface area contributed by atoms with Gasteiger partial charge in [0.05, 0.1) is 7.11 Å². The van der Waals surface area contributed by atoms with Crippen molar-refractivity contribution >= 4 is 23.6 Å². The SMILES string of the molecule is CC[C@H](C)[C@@H]1NC(=O)[C@@H](Cc2ccc(OC)cc2)NC(=O)[C@H](CCCCCCN)NC(=O)[C@H]2CCCCN2C1=O. The molecule has 1 aromatic rings. The second kappa shape index (κ2) is 15.6. The number of hydrogen-bond donors (Lipinski definition) is 4. The van der Waals surface area contributed by atoms with Gasteiger partial charge >= 0.3 is 0 Å². The van der Waals surface area contributed by atoms with E-state index in [1.54, 1.807) is 24.1 Å². The van der Waals surface area contributed by atoms with E-state index in [1.165, 1.54) is 0 Å². The Morgan fingerprint density at radius 3 is 2.27 bits per heavy atom. The Labute approximate surface area is 238 Å². The highest BCUT2D eigenvalue weighted by Gasteiger charge is 2.40. The van der Waals surface area contributed by atoms with E-state index in [2.05, 4.69) is 16.0 Å². The number of benzene rings is 1. The molecule has 2 aliphatic rings. The van der Waals surface area contributed by atoms with Gasteiger partial charge < -0.3 is 31.3 Å². The summed E-state index contributed by atoms with van der Waals surface area (Å²) in [6.07, 6.45) is 6.96. The molecule has 2 saturated heterocycles. The highest BCUT2D eigenvalue weighted by atomic mass is 16.5. The topological polar surface area (TPSA) is 143 Å². The largest absolute Gasteiger partial charge is 0.497 e. The van der Waals surface area contributed by atoms with Crippen LogP contribution in [0.5, 0.6) is 5.75 Å². The molecule has 5 atom stereocenters. The van der Waals surface area contributed by atoms with Crippen LogP contribution in [0.4, 0.5) is 0 Å². The first-order chi connectivity index (χ1) is 19.3. The van der Waals surface area contributed by atoms with Crippen LogP contribution in [-0.2, 0) is 25.6 Å². The number of methoxy groups -OCH3 is 1. The average Bonchev–Trinajstić information content (AvgIpc) is 2.97. The fraction of sp³-hybridized carbons (Fsp3) is 0.667. The number of carbonyl (C=O) groups excluding carboxylic acids is 4. The highest BCUT2D eigenvalue weighted by Crippen LogP contribution is 2.22. The van der Waals surface area contributed by atoms with Gasteiger partial charge in [-0.1, -0.05) is 51.7 Å². The monoisotopic (exact) mass is 557 g/mol. The van der Waals surface area contributed by atoms with Crippen molar-refractivity contribution in [2.45, 2.75) is 102 Å². The number of hydrogen-bond acceptors (Lipinski definition) is 6. The maximum atomic E-state index is 13.9. The van der Waals surface area contributed by atoms with Gasteiger partial charge in [-0.15, -0.1) is 0 Å². The minimum absolute atomic E-state index is 0.149. The van der Waals surface area contributed by atoms with Crippen molar-refractivity contribution in [1.82, 2.24) is 20.9 Å². The summed E-state index contributed by atoms with van der Waals surface area (Å²) in [5.41, 5.74) is 6.44. The molecule has 222 valence electrons. The van der Waals surface area contributed by atoms with Crippen LogP contribution in [0, 0.1) is 5.92 Å². The van der Waals surface area contributed by atoms with Gasteiger partial charge in [-0.3, -0.25) is 19.2 Å². The summed E-state index contributed by atoms with van der Waals surface area (Å²) < 4.78 is 5.25. The number of nitrogens with zero attached hydrogens (tertiary/aromatic N) is 1. The van der Waals surface area contributed by atoms with Crippen LogP contribution in [0.3, 0.4) is 0 Å². The zero-order valence-electron chi connectivity index (χ0n) is 24.2. The zero-order valence-corrected chi connectivity index (χ0v) is 24.2.